The van der Waals surface area contributed by atoms with Gasteiger partial charge in [-0.15, -0.1) is 0 Å². The molecule has 3 aliphatic rings. The zero-order valence-corrected chi connectivity index (χ0v) is 16.6. The third-order valence-corrected chi connectivity index (χ3v) is 7.18. The van der Waals surface area contributed by atoms with E-state index in [1.807, 2.05) is 0 Å². The summed E-state index contributed by atoms with van der Waals surface area (Å²) >= 11 is 0. The average Bonchev–Trinajstić information content (AvgIpc) is 3.07. The first kappa shape index (κ1) is 19.9. The molecule has 0 saturated carbocycles. The van der Waals surface area contributed by atoms with Gasteiger partial charge in [0.15, 0.2) is 0 Å². The van der Waals surface area contributed by atoms with Crippen LogP contribution in [0.3, 0.4) is 0 Å². The Balaban J connectivity index is 1.41. The van der Waals surface area contributed by atoms with E-state index in [1.54, 1.807) is 0 Å². The Bertz CT molecular complexity index is 906. The van der Waals surface area contributed by atoms with Crippen LogP contribution in [0.5, 0.6) is 0 Å². The van der Waals surface area contributed by atoms with Crippen molar-refractivity contribution in [2.75, 3.05) is 39.0 Å². The van der Waals surface area contributed by atoms with Crippen molar-refractivity contribution >= 4 is 10.0 Å². The quantitative estimate of drug-likeness (QED) is 0.759. The minimum absolute atomic E-state index is 0.0733. The first-order chi connectivity index (χ1) is 13.2. The summed E-state index contributed by atoms with van der Waals surface area (Å²) in [6, 6.07) is 2.96. The summed E-state index contributed by atoms with van der Waals surface area (Å²) < 4.78 is 58.6. The third-order valence-electron chi connectivity index (χ3n) is 5.98. The number of hydrogen-bond donors (Lipinski definition) is 1. The van der Waals surface area contributed by atoms with Crippen LogP contribution in [-0.2, 0) is 14.8 Å². The fraction of sp³-hybridized carbons (Fsp3) is 0.579. The zero-order chi connectivity index (χ0) is 20.1. The molecule has 3 unspecified atom stereocenters. The van der Waals surface area contributed by atoms with Gasteiger partial charge in [-0.3, -0.25) is 4.90 Å². The molecular formula is C19H25F2N3O3S. The van der Waals surface area contributed by atoms with Gasteiger partial charge in [0.1, 0.15) is 17.7 Å². The highest BCUT2D eigenvalue weighted by molar-refractivity contribution is 7.88. The maximum atomic E-state index is 14.1. The number of ether oxygens (including phenoxy) is 1. The fourth-order valence-electron chi connectivity index (χ4n) is 4.42. The number of sulfonamides is 1. The van der Waals surface area contributed by atoms with Crippen molar-refractivity contribution in [1.29, 1.82) is 0 Å². The number of hydrogen-bond acceptors (Lipinski definition) is 5. The van der Waals surface area contributed by atoms with Crippen LogP contribution in [0.2, 0.25) is 0 Å². The molecule has 4 rings (SSSR count). The molecule has 3 atom stereocenters. The van der Waals surface area contributed by atoms with Crippen molar-refractivity contribution in [3.8, 4) is 0 Å². The lowest BCUT2D eigenvalue weighted by Crippen LogP contribution is -2.51. The van der Waals surface area contributed by atoms with Crippen LogP contribution in [-0.4, -0.2) is 68.7 Å². The van der Waals surface area contributed by atoms with Gasteiger partial charge < -0.3 is 10.5 Å². The second-order valence-corrected chi connectivity index (χ2v) is 9.91. The summed E-state index contributed by atoms with van der Waals surface area (Å²) in [5, 5.41) is 0. The smallest absolute Gasteiger partial charge is 0.211 e. The number of halogens is 2. The number of rotatable bonds is 3. The summed E-state index contributed by atoms with van der Waals surface area (Å²) in [5.41, 5.74) is 8.80. The van der Waals surface area contributed by atoms with Crippen LogP contribution < -0.4 is 5.73 Å². The van der Waals surface area contributed by atoms with Crippen LogP contribution in [0.25, 0.3) is 0 Å². The predicted octanol–water partition coefficient (Wildman–Crippen LogP) is 1.40. The van der Waals surface area contributed by atoms with E-state index >= 15 is 0 Å². The summed E-state index contributed by atoms with van der Waals surface area (Å²) in [4.78, 5) is 2.27. The zero-order valence-electron chi connectivity index (χ0n) is 15.8. The second-order valence-electron chi connectivity index (χ2n) is 7.93. The first-order valence-electron chi connectivity index (χ1n) is 9.43. The van der Waals surface area contributed by atoms with Gasteiger partial charge in [0.25, 0.3) is 0 Å². The Morgan fingerprint density at radius 1 is 1.18 bits per heavy atom. The van der Waals surface area contributed by atoms with Crippen molar-refractivity contribution < 1.29 is 21.9 Å². The molecule has 1 saturated heterocycles. The molecule has 0 spiro atoms. The Morgan fingerprint density at radius 3 is 2.64 bits per heavy atom. The average molecular weight is 413 g/mol. The minimum Gasteiger partial charge on any atom is -0.370 e. The topological polar surface area (TPSA) is 75.9 Å². The molecule has 0 aromatic heterocycles. The van der Waals surface area contributed by atoms with Crippen LogP contribution in [0.1, 0.15) is 24.5 Å². The van der Waals surface area contributed by atoms with Gasteiger partial charge >= 0.3 is 0 Å². The first-order valence-corrected chi connectivity index (χ1v) is 11.3. The molecule has 0 amide bonds. The van der Waals surface area contributed by atoms with Gasteiger partial charge in [-0.2, -0.15) is 4.31 Å². The summed E-state index contributed by atoms with van der Waals surface area (Å²) in [6.07, 6.45) is 2.01. The molecule has 0 aliphatic carbocycles. The SMILES string of the molecule is CS(=O)(=O)N1CC2=C(CN(C3COC(c4cc(F)ccc4F)C(N)C3)CC2)C1. The highest BCUT2D eigenvalue weighted by Crippen LogP contribution is 2.34. The second kappa shape index (κ2) is 7.46. The largest absolute Gasteiger partial charge is 0.370 e. The standard InChI is InChI=1S/C19H25F2N3O3S/c1-28(25,26)24-9-12-4-5-23(8-13(12)10-24)15-7-18(22)19(27-11-15)16-6-14(20)2-3-17(16)21/h2-3,6,15,18-19H,4-5,7-11,22H2,1H3. The van der Waals surface area contributed by atoms with Crippen molar-refractivity contribution in [3.05, 3.63) is 46.5 Å². The van der Waals surface area contributed by atoms with Gasteiger partial charge in [-0.25, -0.2) is 17.2 Å². The Hall–Kier alpha value is -1.39. The number of benzene rings is 1. The predicted molar refractivity (Wildman–Crippen MR) is 101 cm³/mol. The van der Waals surface area contributed by atoms with E-state index in [9.17, 15) is 17.2 Å². The van der Waals surface area contributed by atoms with Crippen LogP contribution in [0, 0.1) is 11.6 Å². The molecule has 2 N–H and O–H groups in total. The summed E-state index contributed by atoms with van der Waals surface area (Å²) in [5.74, 6) is -1.03. The molecule has 154 valence electrons. The Labute approximate surface area is 164 Å². The van der Waals surface area contributed by atoms with Gasteiger partial charge in [0.2, 0.25) is 10.0 Å². The number of nitrogens with two attached hydrogens (primary N) is 1. The van der Waals surface area contributed by atoms with Gasteiger partial charge in [-0.1, -0.05) is 5.57 Å². The molecule has 0 radical (unpaired) electrons. The van der Waals surface area contributed by atoms with Crippen LogP contribution in [0.4, 0.5) is 8.78 Å². The summed E-state index contributed by atoms with van der Waals surface area (Å²) in [6.45, 7) is 2.83. The van der Waals surface area contributed by atoms with E-state index < -0.39 is 33.8 Å². The van der Waals surface area contributed by atoms with Crippen LogP contribution in [0.15, 0.2) is 29.3 Å². The molecule has 28 heavy (non-hydrogen) atoms. The van der Waals surface area contributed by atoms with Gasteiger partial charge in [-0.05, 0) is 36.6 Å². The molecule has 1 fully saturated rings. The van der Waals surface area contributed by atoms with Crippen LogP contribution >= 0.6 is 0 Å². The monoisotopic (exact) mass is 413 g/mol. The number of nitrogens with zero attached hydrogens (tertiary/aromatic N) is 2. The van der Waals surface area contributed by atoms with E-state index in [1.165, 1.54) is 16.1 Å². The lowest BCUT2D eigenvalue weighted by molar-refractivity contribution is -0.0506. The summed E-state index contributed by atoms with van der Waals surface area (Å²) in [7, 11) is -3.20. The normalized spacial score (nSPS) is 29.9. The molecule has 1 aromatic carbocycles. The van der Waals surface area contributed by atoms with E-state index in [-0.39, 0.29) is 11.6 Å². The molecule has 3 heterocycles. The minimum atomic E-state index is -3.20. The maximum Gasteiger partial charge on any atom is 0.211 e. The molecule has 3 aliphatic heterocycles. The maximum absolute atomic E-state index is 14.1. The van der Waals surface area contributed by atoms with Gasteiger partial charge in [0.05, 0.1) is 12.9 Å². The van der Waals surface area contributed by atoms with E-state index in [0.717, 1.165) is 36.7 Å². The molecular weight excluding hydrogens is 388 g/mol. The van der Waals surface area contributed by atoms with E-state index in [0.29, 0.717) is 32.7 Å². The molecule has 6 nitrogen and oxygen atoms in total. The van der Waals surface area contributed by atoms with E-state index in [2.05, 4.69) is 4.90 Å². The molecule has 0 bridgehead atoms. The fourth-order valence-corrected chi connectivity index (χ4v) is 5.20. The Kier molecular flexibility index (Phi) is 5.30. The molecule has 1 aromatic rings. The van der Waals surface area contributed by atoms with Crippen molar-refractivity contribution in [2.24, 2.45) is 5.73 Å². The molecule has 9 heteroatoms. The lowest BCUT2D eigenvalue weighted by Gasteiger charge is -2.41. The van der Waals surface area contributed by atoms with Gasteiger partial charge in [0, 0.05) is 43.8 Å². The highest BCUT2D eigenvalue weighted by atomic mass is 32.2. The van der Waals surface area contributed by atoms with E-state index in [4.69, 9.17) is 10.5 Å². The lowest BCUT2D eigenvalue weighted by atomic mass is 9.92. The van der Waals surface area contributed by atoms with Crippen molar-refractivity contribution in [3.63, 3.8) is 0 Å². The van der Waals surface area contributed by atoms with Crippen molar-refractivity contribution in [2.45, 2.75) is 31.0 Å². The Morgan fingerprint density at radius 2 is 1.93 bits per heavy atom. The van der Waals surface area contributed by atoms with Crippen molar-refractivity contribution in [1.82, 2.24) is 9.21 Å². The third kappa shape index (κ3) is 3.86. The highest BCUT2D eigenvalue weighted by Gasteiger charge is 2.38.